The first-order valence-corrected chi connectivity index (χ1v) is 7.75. The lowest BCUT2D eigenvalue weighted by Crippen LogP contribution is -2.36. The summed E-state index contributed by atoms with van der Waals surface area (Å²) >= 11 is 0. The molecule has 0 bridgehead atoms. The zero-order chi connectivity index (χ0) is 14.5. The quantitative estimate of drug-likeness (QED) is 0.778. The Hall–Kier alpha value is -0.950. The first kappa shape index (κ1) is 16.1. The molecule has 0 aliphatic rings. The summed E-state index contributed by atoms with van der Waals surface area (Å²) in [5, 5.41) is 9.02. The van der Waals surface area contributed by atoms with E-state index in [2.05, 4.69) is 23.5 Å². The van der Waals surface area contributed by atoms with Crippen LogP contribution < -0.4 is 4.72 Å². The van der Waals surface area contributed by atoms with Gasteiger partial charge in [-0.05, 0) is 38.6 Å². The third kappa shape index (κ3) is 4.91. The number of benzene rings is 1. The van der Waals surface area contributed by atoms with Gasteiger partial charge in [0.25, 0.3) is 0 Å². The van der Waals surface area contributed by atoms with Crippen molar-refractivity contribution in [2.24, 2.45) is 0 Å². The summed E-state index contributed by atoms with van der Waals surface area (Å²) in [6.45, 7) is 4.95. The number of likely N-dealkylation sites (N-methyl/N-ethyl adjacent to an activating group) is 1. The molecule has 0 unspecified atom stereocenters. The second-order valence-electron chi connectivity index (χ2n) is 4.78. The largest absolute Gasteiger partial charge is 0.392 e. The van der Waals surface area contributed by atoms with Crippen LogP contribution in [0.3, 0.4) is 0 Å². The minimum absolute atomic E-state index is 0.167. The Morgan fingerprint density at radius 3 is 2.63 bits per heavy atom. The second kappa shape index (κ2) is 7.00. The van der Waals surface area contributed by atoms with Gasteiger partial charge in [0.15, 0.2) is 0 Å². The summed E-state index contributed by atoms with van der Waals surface area (Å²) in [7, 11) is -1.55. The van der Waals surface area contributed by atoms with Gasteiger partial charge in [-0.1, -0.05) is 12.1 Å². The molecule has 0 atom stereocenters. The molecule has 0 aliphatic carbocycles. The van der Waals surface area contributed by atoms with Crippen LogP contribution in [0.25, 0.3) is 0 Å². The summed E-state index contributed by atoms with van der Waals surface area (Å²) in [5.41, 5.74) is 0.585. The molecule has 6 heteroatoms. The minimum Gasteiger partial charge on any atom is -0.392 e. The number of hydrogen-bond donors (Lipinski definition) is 2. The Balaban J connectivity index is 2.65. The van der Waals surface area contributed by atoms with E-state index in [1.54, 1.807) is 12.1 Å². The Kier molecular flexibility index (Phi) is 5.93. The van der Waals surface area contributed by atoms with Crippen LogP contribution in [-0.4, -0.2) is 44.6 Å². The Morgan fingerprint density at radius 1 is 1.37 bits per heavy atom. The third-order valence-electron chi connectivity index (χ3n) is 3.03. The summed E-state index contributed by atoms with van der Waals surface area (Å²) in [4.78, 5) is 2.25. The van der Waals surface area contributed by atoms with Gasteiger partial charge in [0.1, 0.15) is 0 Å². The molecular formula is C13H22N2O3S. The molecule has 0 aromatic heterocycles. The van der Waals surface area contributed by atoms with Crippen LogP contribution in [0.5, 0.6) is 0 Å². The fourth-order valence-corrected chi connectivity index (χ4v) is 2.60. The SMILES string of the molecule is CC(C)N(C)CCNS(=O)(=O)c1cccc(CO)c1. The zero-order valence-electron chi connectivity index (χ0n) is 11.6. The van der Waals surface area contributed by atoms with E-state index in [1.807, 2.05) is 7.05 Å². The highest BCUT2D eigenvalue weighted by atomic mass is 32.2. The molecule has 0 saturated carbocycles. The smallest absolute Gasteiger partial charge is 0.240 e. The first-order valence-electron chi connectivity index (χ1n) is 6.26. The number of sulfonamides is 1. The molecule has 1 rings (SSSR count). The molecule has 108 valence electrons. The molecule has 2 N–H and O–H groups in total. The number of hydrogen-bond acceptors (Lipinski definition) is 4. The summed E-state index contributed by atoms with van der Waals surface area (Å²) in [5.74, 6) is 0. The van der Waals surface area contributed by atoms with Crippen molar-refractivity contribution in [2.75, 3.05) is 20.1 Å². The van der Waals surface area contributed by atoms with Crippen LogP contribution in [0.2, 0.25) is 0 Å². The fraction of sp³-hybridized carbons (Fsp3) is 0.538. The van der Waals surface area contributed by atoms with Crippen LogP contribution in [-0.2, 0) is 16.6 Å². The van der Waals surface area contributed by atoms with Crippen LogP contribution in [0.1, 0.15) is 19.4 Å². The van der Waals surface area contributed by atoms with Gasteiger partial charge in [-0.3, -0.25) is 0 Å². The standard InChI is InChI=1S/C13H22N2O3S/c1-11(2)15(3)8-7-14-19(17,18)13-6-4-5-12(9-13)10-16/h4-6,9,11,14,16H,7-8,10H2,1-3H3. The molecule has 0 heterocycles. The number of nitrogens with zero attached hydrogens (tertiary/aromatic N) is 1. The summed E-state index contributed by atoms with van der Waals surface area (Å²) < 4.78 is 26.6. The molecular weight excluding hydrogens is 264 g/mol. The molecule has 0 saturated heterocycles. The van der Waals surface area contributed by atoms with E-state index in [-0.39, 0.29) is 11.5 Å². The molecule has 19 heavy (non-hydrogen) atoms. The van der Waals surface area contributed by atoms with Gasteiger partial charge >= 0.3 is 0 Å². The molecule has 5 nitrogen and oxygen atoms in total. The fourth-order valence-electron chi connectivity index (χ4n) is 1.51. The number of aliphatic hydroxyl groups excluding tert-OH is 1. The number of aliphatic hydroxyl groups is 1. The Morgan fingerprint density at radius 2 is 2.05 bits per heavy atom. The summed E-state index contributed by atoms with van der Waals surface area (Å²) in [6, 6.07) is 6.69. The van der Waals surface area contributed by atoms with Crippen molar-refractivity contribution in [1.82, 2.24) is 9.62 Å². The van der Waals surface area contributed by atoms with Crippen LogP contribution in [0.4, 0.5) is 0 Å². The molecule has 0 radical (unpaired) electrons. The highest BCUT2D eigenvalue weighted by Gasteiger charge is 2.14. The molecule has 1 aromatic rings. The molecule has 0 aliphatic heterocycles. The van der Waals surface area contributed by atoms with Crippen molar-refractivity contribution in [3.63, 3.8) is 0 Å². The van der Waals surface area contributed by atoms with E-state index in [4.69, 9.17) is 5.11 Å². The Bertz CT molecular complexity index is 500. The highest BCUT2D eigenvalue weighted by Crippen LogP contribution is 2.11. The minimum atomic E-state index is -3.50. The third-order valence-corrected chi connectivity index (χ3v) is 4.49. The lowest BCUT2D eigenvalue weighted by molar-refractivity contribution is 0.278. The number of rotatable bonds is 7. The van der Waals surface area contributed by atoms with E-state index in [9.17, 15) is 8.42 Å². The topological polar surface area (TPSA) is 69.6 Å². The maximum Gasteiger partial charge on any atom is 0.240 e. The monoisotopic (exact) mass is 286 g/mol. The van der Waals surface area contributed by atoms with Crippen molar-refractivity contribution >= 4 is 10.0 Å². The highest BCUT2D eigenvalue weighted by molar-refractivity contribution is 7.89. The molecule has 1 aromatic carbocycles. The van der Waals surface area contributed by atoms with E-state index >= 15 is 0 Å². The van der Waals surface area contributed by atoms with Gasteiger partial charge in [0, 0.05) is 19.1 Å². The van der Waals surface area contributed by atoms with Crippen molar-refractivity contribution in [2.45, 2.75) is 31.4 Å². The maximum atomic E-state index is 12.0. The maximum absolute atomic E-state index is 12.0. The van der Waals surface area contributed by atoms with Crippen molar-refractivity contribution in [3.8, 4) is 0 Å². The van der Waals surface area contributed by atoms with E-state index in [0.29, 0.717) is 24.7 Å². The van der Waals surface area contributed by atoms with Crippen molar-refractivity contribution in [3.05, 3.63) is 29.8 Å². The van der Waals surface area contributed by atoms with Crippen LogP contribution >= 0.6 is 0 Å². The molecule has 0 amide bonds. The predicted molar refractivity (Wildman–Crippen MR) is 75.3 cm³/mol. The van der Waals surface area contributed by atoms with E-state index < -0.39 is 10.0 Å². The van der Waals surface area contributed by atoms with E-state index in [1.165, 1.54) is 12.1 Å². The normalized spacial score (nSPS) is 12.3. The van der Waals surface area contributed by atoms with E-state index in [0.717, 1.165) is 0 Å². The van der Waals surface area contributed by atoms with Gasteiger partial charge in [-0.2, -0.15) is 0 Å². The number of nitrogens with one attached hydrogen (secondary N) is 1. The van der Waals surface area contributed by atoms with Gasteiger partial charge in [-0.15, -0.1) is 0 Å². The van der Waals surface area contributed by atoms with Gasteiger partial charge in [-0.25, -0.2) is 13.1 Å². The van der Waals surface area contributed by atoms with Crippen molar-refractivity contribution < 1.29 is 13.5 Å². The van der Waals surface area contributed by atoms with Gasteiger partial charge in [0.2, 0.25) is 10.0 Å². The van der Waals surface area contributed by atoms with Gasteiger partial charge < -0.3 is 10.0 Å². The van der Waals surface area contributed by atoms with Crippen LogP contribution in [0.15, 0.2) is 29.2 Å². The second-order valence-corrected chi connectivity index (χ2v) is 6.54. The summed E-state index contributed by atoms with van der Waals surface area (Å²) in [6.07, 6.45) is 0. The average molecular weight is 286 g/mol. The predicted octanol–water partition coefficient (Wildman–Crippen LogP) is 0.797. The van der Waals surface area contributed by atoms with Gasteiger partial charge in [0.05, 0.1) is 11.5 Å². The lowest BCUT2D eigenvalue weighted by Gasteiger charge is -2.20. The Labute approximate surface area is 115 Å². The zero-order valence-corrected chi connectivity index (χ0v) is 12.4. The lowest BCUT2D eigenvalue weighted by atomic mass is 10.2. The average Bonchev–Trinajstić information content (AvgIpc) is 2.38. The first-order chi connectivity index (χ1) is 8.86. The van der Waals surface area contributed by atoms with Crippen LogP contribution in [0, 0.1) is 0 Å². The molecule has 0 fully saturated rings. The van der Waals surface area contributed by atoms with Crippen molar-refractivity contribution in [1.29, 1.82) is 0 Å². The molecule has 0 spiro atoms.